The van der Waals surface area contributed by atoms with E-state index < -0.39 is 10.0 Å². The van der Waals surface area contributed by atoms with E-state index in [1.807, 2.05) is 13.8 Å². The molecule has 0 saturated carbocycles. The third-order valence-electron chi connectivity index (χ3n) is 4.52. The molecule has 6 nitrogen and oxygen atoms in total. The van der Waals surface area contributed by atoms with Crippen LogP contribution in [0.1, 0.15) is 22.6 Å². The zero-order valence-electron chi connectivity index (χ0n) is 13.9. The second-order valence-corrected chi connectivity index (χ2v) is 9.52. The number of amides is 1. The maximum Gasteiger partial charge on any atom is 0.244 e. The average Bonchev–Trinajstić information content (AvgIpc) is 3.16. The van der Waals surface area contributed by atoms with Gasteiger partial charge in [-0.15, -0.1) is 23.7 Å². The van der Waals surface area contributed by atoms with Crippen LogP contribution >= 0.6 is 23.7 Å². The van der Waals surface area contributed by atoms with Gasteiger partial charge >= 0.3 is 0 Å². The Kier molecular flexibility index (Phi) is 6.30. The molecule has 3 heterocycles. The Bertz CT molecular complexity index is 691. The predicted octanol–water partition coefficient (Wildman–Crippen LogP) is 1.37. The Morgan fingerprint density at radius 3 is 2.42 bits per heavy atom. The lowest BCUT2D eigenvalue weighted by Gasteiger charge is -2.35. The highest BCUT2D eigenvalue weighted by atomic mass is 35.5. The van der Waals surface area contributed by atoms with Crippen molar-refractivity contribution in [2.24, 2.45) is 0 Å². The van der Waals surface area contributed by atoms with Crippen LogP contribution in [0.3, 0.4) is 0 Å². The number of hydrogen-bond donors (Lipinski definition) is 1. The van der Waals surface area contributed by atoms with E-state index in [2.05, 4.69) is 5.32 Å². The quantitative estimate of drug-likeness (QED) is 0.842. The molecule has 3 rings (SSSR count). The van der Waals surface area contributed by atoms with E-state index in [1.165, 1.54) is 15.6 Å². The van der Waals surface area contributed by atoms with Crippen LogP contribution in [-0.2, 0) is 14.8 Å². The predicted molar refractivity (Wildman–Crippen MR) is 97.4 cm³/mol. The van der Waals surface area contributed by atoms with Gasteiger partial charge in [-0.1, -0.05) is 0 Å². The Balaban J connectivity index is 0.00000208. The van der Waals surface area contributed by atoms with Gasteiger partial charge in [0, 0.05) is 35.9 Å². The van der Waals surface area contributed by atoms with Crippen LogP contribution in [0.4, 0.5) is 0 Å². The van der Waals surface area contributed by atoms with Crippen LogP contribution in [0.2, 0.25) is 0 Å². The number of hydrogen-bond acceptors (Lipinski definition) is 5. The van der Waals surface area contributed by atoms with Crippen molar-refractivity contribution in [1.82, 2.24) is 14.5 Å². The molecule has 2 saturated heterocycles. The van der Waals surface area contributed by atoms with Gasteiger partial charge < -0.3 is 10.2 Å². The molecule has 136 valence electrons. The molecule has 0 bridgehead atoms. The molecule has 2 fully saturated rings. The first-order valence-corrected chi connectivity index (χ1v) is 10.2. The Morgan fingerprint density at radius 1 is 1.25 bits per heavy atom. The topological polar surface area (TPSA) is 69.7 Å². The molecule has 1 unspecified atom stereocenters. The van der Waals surface area contributed by atoms with Crippen molar-refractivity contribution in [3.8, 4) is 0 Å². The van der Waals surface area contributed by atoms with Crippen molar-refractivity contribution in [3.05, 3.63) is 15.8 Å². The number of sulfonamides is 1. The highest BCUT2D eigenvalue weighted by molar-refractivity contribution is 7.89. The molecule has 0 aromatic carbocycles. The number of aryl methyl sites for hydroxylation is 2. The number of carbonyl (C=O) groups is 1. The largest absolute Gasteiger partial charge is 0.339 e. The first-order chi connectivity index (χ1) is 10.9. The molecule has 1 aromatic heterocycles. The van der Waals surface area contributed by atoms with E-state index >= 15 is 0 Å². The van der Waals surface area contributed by atoms with Crippen LogP contribution < -0.4 is 5.32 Å². The van der Waals surface area contributed by atoms with Gasteiger partial charge in [0.1, 0.15) is 0 Å². The monoisotopic (exact) mass is 393 g/mol. The Hall–Kier alpha value is -0.670. The van der Waals surface area contributed by atoms with Gasteiger partial charge in [0.05, 0.1) is 10.9 Å². The molecule has 1 N–H and O–H groups in total. The summed E-state index contributed by atoms with van der Waals surface area (Å²) in [4.78, 5) is 16.4. The molecule has 2 aliphatic heterocycles. The summed E-state index contributed by atoms with van der Waals surface area (Å²) in [5.74, 6) is 0.113. The molecule has 9 heteroatoms. The average molecular weight is 394 g/mol. The van der Waals surface area contributed by atoms with Gasteiger partial charge in [-0.3, -0.25) is 4.79 Å². The fraction of sp³-hybridized carbons (Fsp3) is 0.667. The number of piperazine rings is 1. The third-order valence-corrected chi connectivity index (χ3v) is 7.64. The summed E-state index contributed by atoms with van der Waals surface area (Å²) in [6, 6.07) is 1.66. The molecule has 0 radical (unpaired) electrons. The van der Waals surface area contributed by atoms with Crippen molar-refractivity contribution in [2.75, 3.05) is 32.7 Å². The molecule has 24 heavy (non-hydrogen) atoms. The van der Waals surface area contributed by atoms with Gasteiger partial charge in [0.15, 0.2) is 0 Å². The summed E-state index contributed by atoms with van der Waals surface area (Å²) >= 11 is 1.50. The summed E-state index contributed by atoms with van der Waals surface area (Å²) in [5.41, 5.74) is 0. The minimum atomic E-state index is -3.45. The van der Waals surface area contributed by atoms with Gasteiger partial charge in [-0.05, 0) is 39.3 Å². The molecule has 0 aliphatic carbocycles. The van der Waals surface area contributed by atoms with E-state index in [0.717, 1.165) is 29.1 Å². The number of halogens is 1. The van der Waals surface area contributed by atoms with Crippen molar-refractivity contribution in [2.45, 2.75) is 37.6 Å². The van der Waals surface area contributed by atoms with Gasteiger partial charge in [0.25, 0.3) is 0 Å². The lowest BCUT2D eigenvalue weighted by atomic mass is 10.2. The molecule has 1 amide bonds. The molecule has 1 atom stereocenters. The Labute approximate surface area is 153 Å². The summed E-state index contributed by atoms with van der Waals surface area (Å²) in [6.07, 6.45) is 1.91. The van der Waals surface area contributed by atoms with Crippen LogP contribution in [0.25, 0.3) is 0 Å². The van der Waals surface area contributed by atoms with Crippen molar-refractivity contribution in [3.63, 3.8) is 0 Å². The smallest absolute Gasteiger partial charge is 0.244 e. The highest BCUT2D eigenvalue weighted by Gasteiger charge is 2.34. The molecule has 2 aliphatic rings. The highest BCUT2D eigenvalue weighted by Crippen LogP contribution is 2.28. The van der Waals surface area contributed by atoms with E-state index in [4.69, 9.17) is 0 Å². The number of rotatable bonds is 3. The first-order valence-electron chi connectivity index (χ1n) is 7.99. The molecule has 0 spiro atoms. The second-order valence-electron chi connectivity index (χ2n) is 6.16. The summed E-state index contributed by atoms with van der Waals surface area (Å²) < 4.78 is 27.0. The summed E-state index contributed by atoms with van der Waals surface area (Å²) in [6.45, 7) is 6.33. The fourth-order valence-corrected chi connectivity index (χ4v) is 6.21. The third kappa shape index (κ3) is 3.77. The fourth-order valence-electron chi connectivity index (χ4n) is 3.27. The number of nitrogens with zero attached hydrogens (tertiary/aromatic N) is 2. The Morgan fingerprint density at radius 2 is 1.92 bits per heavy atom. The summed E-state index contributed by atoms with van der Waals surface area (Å²) in [5, 5.41) is 3.21. The van der Waals surface area contributed by atoms with E-state index in [-0.39, 0.29) is 24.4 Å². The van der Waals surface area contributed by atoms with Crippen molar-refractivity contribution >= 4 is 39.7 Å². The van der Waals surface area contributed by atoms with Crippen molar-refractivity contribution < 1.29 is 13.2 Å². The maximum atomic E-state index is 12.8. The van der Waals surface area contributed by atoms with Gasteiger partial charge in [-0.2, -0.15) is 4.31 Å². The lowest BCUT2D eigenvalue weighted by Crippen LogP contribution is -2.54. The minimum absolute atomic E-state index is 0. The van der Waals surface area contributed by atoms with Crippen LogP contribution in [-0.4, -0.2) is 62.3 Å². The van der Waals surface area contributed by atoms with Crippen LogP contribution in [0, 0.1) is 13.8 Å². The molecule has 1 aromatic rings. The lowest BCUT2D eigenvalue weighted by molar-refractivity contribution is -0.134. The maximum absolute atomic E-state index is 12.8. The van der Waals surface area contributed by atoms with Crippen molar-refractivity contribution in [1.29, 1.82) is 0 Å². The van der Waals surface area contributed by atoms with E-state index in [1.54, 1.807) is 11.0 Å². The number of carbonyl (C=O) groups excluding carboxylic acids is 1. The zero-order chi connectivity index (χ0) is 16.6. The zero-order valence-corrected chi connectivity index (χ0v) is 16.4. The van der Waals surface area contributed by atoms with E-state index in [0.29, 0.717) is 31.1 Å². The number of nitrogens with one attached hydrogen (secondary N) is 1. The number of thiophene rings is 1. The van der Waals surface area contributed by atoms with Crippen LogP contribution in [0.15, 0.2) is 11.0 Å². The molecular weight excluding hydrogens is 370 g/mol. The standard InChI is InChI=1S/C15H23N3O3S2.ClH/c1-11-10-14(12(2)22-11)23(20,21)18-8-6-17(7-9-18)15(19)13-4-3-5-16-13;/h10,13,16H,3-9H2,1-2H3;1H. The minimum Gasteiger partial charge on any atom is -0.339 e. The first kappa shape index (κ1) is 19.7. The SMILES string of the molecule is Cc1cc(S(=O)(=O)N2CCN(C(=O)C3CCCN3)CC2)c(C)s1.Cl. The normalized spacial score (nSPS) is 22.4. The second kappa shape index (κ2) is 7.70. The van der Waals surface area contributed by atoms with E-state index in [9.17, 15) is 13.2 Å². The van der Waals surface area contributed by atoms with Crippen LogP contribution in [0.5, 0.6) is 0 Å². The summed E-state index contributed by atoms with van der Waals surface area (Å²) in [7, 11) is -3.45. The molecular formula is C15H24ClN3O3S2. The van der Waals surface area contributed by atoms with Gasteiger partial charge in [-0.25, -0.2) is 8.42 Å². The van der Waals surface area contributed by atoms with Gasteiger partial charge in [0.2, 0.25) is 15.9 Å².